The molecule has 15 heteroatoms. The zero-order valence-electron chi connectivity index (χ0n) is 35.9. The van der Waals surface area contributed by atoms with E-state index in [4.69, 9.17) is 31.3 Å². The highest BCUT2D eigenvalue weighted by molar-refractivity contribution is 7.15. The molecule has 62 heavy (non-hydrogen) atoms. The molecular weight excluding hydrogens is 820 g/mol. The number of aliphatic imine (C=N–C) groups is 1. The van der Waals surface area contributed by atoms with Crippen LogP contribution in [-0.2, 0) is 4.74 Å². The number of thiophene rings is 1. The molecule has 13 nitrogen and oxygen atoms in total. The van der Waals surface area contributed by atoms with Crippen molar-refractivity contribution in [2.45, 2.75) is 96.7 Å². The van der Waals surface area contributed by atoms with Crippen molar-refractivity contribution in [3.05, 3.63) is 104 Å². The van der Waals surface area contributed by atoms with Crippen LogP contribution in [0.25, 0.3) is 5.00 Å². The number of fused-ring (bicyclic) bond motifs is 3. The molecule has 4 aliphatic rings. The van der Waals surface area contributed by atoms with Crippen molar-refractivity contribution in [1.82, 2.24) is 30.3 Å². The molecule has 5 aromatic rings. The Bertz CT molecular complexity index is 2500. The monoisotopic (exact) mass is 872 g/mol. The van der Waals surface area contributed by atoms with Crippen LogP contribution in [0.5, 0.6) is 5.75 Å². The van der Waals surface area contributed by atoms with Gasteiger partial charge >= 0.3 is 0 Å². The number of ether oxygens (including phenoxy) is 2. The van der Waals surface area contributed by atoms with E-state index in [9.17, 15) is 4.79 Å². The highest BCUT2D eigenvalue weighted by atomic mass is 35.5. The molecule has 2 saturated heterocycles. The molecule has 1 amide bonds. The molecule has 1 N–H and O–H groups in total. The molecule has 1 spiro atoms. The number of carbonyl (C=O) groups is 1. The van der Waals surface area contributed by atoms with Crippen LogP contribution >= 0.6 is 22.9 Å². The Balaban J connectivity index is 0.798. The summed E-state index contributed by atoms with van der Waals surface area (Å²) in [4.78, 5) is 24.8. The quantitative estimate of drug-likeness (QED) is 0.145. The zero-order valence-corrected chi connectivity index (χ0v) is 37.4. The van der Waals surface area contributed by atoms with Crippen LogP contribution in [0.4, 0.5) is 11.5 Å². The van der Waals surface area contributed by atoms with Gasteiger partial charge in [0.1, 0.15) is 28.7 Å². The number of aromatic nitrogens is 5. The van der Waals surface area contributed by atoms with Gasteiger partial charge in [0.15, 0.2) is 17.3 Å². The average Bonchev–Trinajstić information content (AvgIpc) is 3.77. The van der Waals surface area contributed by atoms with Crippen molar-refractivity contribution in [2.75, 3.05) is 49.7 Å². The van der Waals surface area contributed by atoms with Crippen LogP contribution in [0.15, 0.2) is 59.6 Å². The normalized spacial score (nSPS) is 20.8. The lowest BCUT2D eigenvalue weighted by Crippen LogP contribution is -2.50. The fourth-order valence-electron chi connectivity index (χ4n) is 9.74. The number of nitrogens with zero attached hydrogens (tertiary/aromatic N) is 9. The smallest absolute Gasteiger partial charge is 0.272 e. The SMILES string of the molecule is COCC[C@@H]1N=C(c2ccc(N3CCC4(CCCN(c5ccc(C(=O)NC6CCC(Oc7ccc(C#N)c(Cl)c7)CC6)nn5)C4)CC3)cc2)c2c(sc(C)c2C)-n2c(C)nnc21. The third-order valence-corrected chi connectivity index (χ3v) is 14.9. The van der Waals surface area contributed by atoms with Gasteiger partial charge in [0.05, 0.1) is 22.4 Å². The summed E-state index contributed by atoms with van der Waals surface area (Å²) in [6.45, 7) is 10.9. The van der Waals surface area contributed by atoms with E-state index in [2.05, 4.69) is 84.3 Å². The number of nitriles is 1. The van der Waals surface area contributed by atoms with Crippen LogP contribution in [0.2, 0.25) is 5.02 Å². The number of nitrogens with one attached hydrogen (secondary N) is 1. The molecule has 0 unspecified atom stereocenters. The molecule has 1 aliphatic carbocycles. The maximum atomic E-state index is 13.2. The van der Waals surface area contributed by atoms with E-state index in [0.29, 0.717) is 28.6 Å². The molecule has 0 bridgehead atoms. The summed E-state index contributed by atoms with van der Waals surface area (Å²) in [6, 6.07) is 19.9. The van der Waals surface area contributed by atoms with E-state index in [1.807, 2.05) is 19.1 Å². The number of methoxy groups -OCH3 is 1. The maximum Gasteiger partial charge on any atom is 0.272 e. The lowest BCUT2D eigenvalue weighted by Gasteiger charge is -2.48. The first-order valence-electron chi connectivity index (χ1n) is 21.8. The van der Waals surface area contributed by atoms with Crippen molar-refractivity contribution in [3.8, 4) is 16.8 Å². The van der Waals surface area contributed by atoms with Gasteiger partial charge < -0.3 is 24.6 Å². The maximum absolute atomic E-state index is 13.2. The van der Waals surface area contributed by atoms with Crippen molar-refractivity contribution in [2.24, 2.45) is 10.4 Å². The summed E-state index contributed by atoms with van der Waals surface area (Å²) in [7, 11) is 1.73. The minimum atomic E-state index is -0.196. The molecule has 3 aliphatic heterocycles. The van der Waals surface area contributed by atoms with E-state index in [1.54, 1.807) is 36.6 Å². The van der Waals surface area contributed by atoms with Crippen LogP contribution in [0.3, 0.4) is 0 Å². The van der Waals surface area contributed by atoms with E-state index in [-0.39, 0.29) is 29.5 Å². The van der Waals surface area contributed by atoms with E-state index in [1.165, 1.54) is 28.1 Å². The van der Waals surface area contributed by atoms with Gasteiger partial charge in [-0.1, -0.05) is 23.7 Å². The van der Waals surface area contributed by atoms with E-state index < -0.39 is 0 Å². The number of aryl methyl sites for hydroxylation is 2. The van der Waals surface area contributed by atoms with E-state index in [0.717, 1.165) is 111 Å². The number of amides is 1. The second-order valence-electron chi connectivity index (χ2n) is 17.3. The topological polar surface area (TPSA) is 147 Å². The molecular formula is C47H53ClN10O3S. The summed E-state index contributed by atoms with van der Waals surface area (Å²) in [6.07, 6.45) is 8.51. The molecule has 1 saturated carbocycles. The van der Waals surface area contributed by atoms with Crippen LogP contribution in [-0.4, -0.2) is 88.6 Å². The predicted octanol–water partition coefficient (Wildman–Crippen LogP) is 8.50. The first kappa shape index (κ1) is 42.0. The number of hydrogen-bond donors (Lipinski definition) is 1. The third kappa shape index (κ3) is 8.42. The highest BCUT2D eigenvalue weighted by Crippen LogP contribution is 2.43. The lowest BCUT2D eigenvalue weighted by molar-refractivity contribution is 0.0888. The summed E-state index contributed by atoms with van der Waals surface area (Å²) in [5, 5.41) is 31.9. The Labute approximate surface area is 372 Å². The highest BCUT2D eigenvalue weighted by Gasteiger charge is 2.39. The summed E-state index contributed by atoms with van der Waals surface area (Å²) in [5.41, 5.74) is 6.76. The Morgan fingerprint density at radius 3 is 2.45 bits per heavy atom. The second kappa shape index (κ2) is 17.8. The predicted molar refractivity (Wildman–Crippen MR) is 242 cm³/mol. The van der Waals surface area contributed by atoms with Gasteiger partial charge in [-0.2, -0.15) is 5.26 Å². The molecule has 322 valence electrons. The number of anilines is 2. The molecule has 3 aromatic heterocycles. The van der Waals surface area contributed by atoms with Gasteiger partial charge in [-0.05, 0) is 120 Å². The molecule has 6 heterocycles. The van der Waals surface area contributed by atoms with Crippen LogP contribution < -0.4 is 19.9 Å². The second-order valence-corrected chi connectivity index (χ2v) is 18.9. The number of halogens is 1. The standard InChI is InChI=1S/C47H53ClN10O3S/c1-29-30(2)62-46-42(29)43(51-39(18-25-60-4)44-55-52-31(3)58(44)46)32-6-11-35(12-7-32)56-23-20-47(21-24-56)19-5-22-57(28-47)41-17-16-40(53-54-41)45(59)50-34-9-14-36(15-10-34)61-37-13-8-33(27-49)38(48)26-37/h6-8,11-13,16-17,26,34,36,39H,5,9-10,14-15,18-25,28H2,1-4H3,(H,50,59)/t34?,36?,39-/m0/s1. The molecule has 2 aromatic carbocycles. The number of hydrogen-bond acceptors (Lipinski definition) is 12. The number of benzene rings is 2. The Hall–Kier alpha value is -5.36. The first-order chi connectivity index (χ1) is 30.1. The Morgan fingerprint density at radius 1 is 0.952 bits per heavy atom. The van der Waals surface area contributed by atoms with Gasteiger partial charge in [0.25, 0.3) is 5.91 Å². The van der Waals surface area contributed by atoms with Crippen LogP contribution in [0, 0.1) is 37.5 Å². The minimum absolute atomic E-state index is 0.0332. The molecule has 9 rings (SSSR count). The van der Waals surface area contributed by atoms with Crippen LogP contribution in [0.1, 0.15) is 113 Å². The fraction of sp³-hybridized carbons (Fsp3) is 0.468. The van der Waals surface area contributed by atoms with Gasteiger partial charge in [-0.25, -0.2) is 0 Å². The summed E-state index contributed by atoms with van der Waals surface area (Å²) >= 11 is 7.97. The van der Waals surface area contributed by atoms with Crippen molar-refractivity contribution in [1.29, 1.82) is 5.26 Å². The Kier molecular flexibility index (Phi) is 12.0. The largest absolute Gasteiger partial charge is 0.490 e. The van der Waals surface area contributed by atoms with Gasteiger partial charge in [0.2, 0.25) is 0 Å². The molecule has 1 atom stereocenters. The fourth-order valence-corrected chi connectivity index (χ4v) is 11.2. The minimum Gasteiger partial charge on any atom is -0.490 e. The lowest BCUT2D eigenvalue weighted by atomic mass is 9.72. The number of piperidine rings is 2. The number of carbonyl (C=O) groups excluding carboxylic acids is 1. The van der Waals surface area contributed by atoms with Gasteiger partial charge in [-0.15, -0.1) is 31.7 Å². The average molecular weight is 874 g/mol. The molecule has 3 fully saturated rings. The number of rotatable bonds is 10. The summed E-state index contributed by atoms with van der Waals surface area (Å²) < 4.78 is 13.8. The zero-order chi connectivity index (χ0) is 43.0. The Morgan fingerprint density at radius 2 is 1.74 bits per heavy atom. The van der Waals surface area contributed by atoms with Crippen molar-refractivity contribution >= 4 is 46.1 Å². The van der Waals surface area contributed by atoms with Crippen molar-refractivity contribution < 1.29 is 14.3 Å². The van der Waals surface area contributed by atoms with Gasteiger partial charge in [-0.3, -0.25) is 14.4 Å². The van der Waals surface area contributed by atoms with Crippen molar-refractivity contribution in [3.63, 3.8) is 0 Å². The summed E-state index contributed by atoms with van der Waals surface area (Å²) in [5.74, 6) is 3.04. The third-order valence-electron chi connectivity index (χ3n) is 13.4. The first-order valence-corrected chi connectivity index (χ1v) is 23.0. The molecule has 0 radical (unpaired) electrons. The van der Waals surface area contributed by atoms with Gasteiger partial charge in [0, 0.05) is 80.1 Å². The van der Waals surface area contributed by atoms with E-state index >= 15 is 0 Å².